The van der Waals surface area contributed by atoms with Crippen LogP contribution in [0.1, 0.15) is 169 Å². The van der Waals surface area contributed by atoms with Gasteiger partial charge in [-0.1, -0.05) is 60.7 Å². The number of rotatable bonds is 25. The van der Waals surface area contributed by atoms with Gasteiger partial charge in [0.25, 0.3) is 0 Å². The molecule has 4 rings (SSSR count). The molecular weight excluding hydrogens is 1580 g/mol. The topological polar surface area (TPSA) is 492 Å². The third-order valence-electron chi connectivity index (χ3n) is 12.2. The number of carbonyl (C=O) groups is 12. The van der Waals surface area contributed by atoms with Gasteiger partial charge in [-0.05, 0) is 169 Å². The van der Waals surface area contributed by atoms with Crippen LogP contribution in [0.2, 0.25) is 0 Å². The van der Waals surface area contributed by atoms with Gasteiger partial charge in [-0.15, -0.1) is 0 Å². The van der Waals surface area contributed by atoms with Gasteiger partial charge in [0, 0.05) is 112 Å². The Morgan fingerprint density at radius 2 is 0.807 bits per heavy atom. The fourth-order valence-electron chi connectivity index (χ4n) is 7.28. The second-order valence-electron chi connectivity index (χ2n) is 29.4. The fourth-order valence-corrected chi connectivity index (χ4v) is 7.28. The lowest BCUT2D eigenvalue weighted by Gasteiger charge is -2.30. The quantitative estimate of drug-likeness (QED) is 0.0250. The van der Waals surface area contributed by atoms with E-state index < -0.39 is 94.5 Å². The van der Waals surface area contributed by atoms with E-state index in [9.17, 15) is 57.5 Å². The van der Waals surface area contributed by atoms with Crippen molar-refractivity contribution in [1.82, 2.24) is 63.4 Å². The molecule has 17 N–H and O–H groups in total. The lowest BCUT2D eigenvalue weighted by Crippen LogP contribution is -2.57. The molecule has 0 unspecified atom stereocenters. The van der Waals surface area contributed by atoms with Gasteiger partial charge >= 0.3 is 54.5 Å². The molecule has 114 heavy (non-hydrogen) atoms. The zero-order chi connectivity index (χ0) is 83.3. The van der Waals surface area contributed by atoms with Crippen LogP contribution in [-0.2, 0) is 75.1 Å². The average molecular weight is 1720 g/mol. The van der Waals surface area contributed by atoms with Crippen LogP contribution in [0.5, 0.6) is 0 Å². The Labute approximate surface area is 713 Å². The number of ketones is 1. The molecule has 2 aromatic rings. The van der Waals surface area contributed by atoms with Crippen LogP contribution < -0.4 is 75.7 Å². The van der Waals surface area contributed by atoms with Gasteiger partial charge in [0.15, 0.2) is 5.78 Å². The van der Waals surface area contributed by atoms with Crippen molar-refractivity contribution in [1.29, 1.82) is 0 Å². The highest BCUT2D eigenvalue weighted by atomic mass is 32.1. The van der Waals surface area contributed by atoms with Crippen molar-refractivity contribution in [3.05, 3.63) is 71.8 Å². The average Bonchev–Trinajstić information content (AvgIpc) is 0.879. The lowest BCUT2D eigenvalue weighted by molar-refractivity contribution is -0.149. The number of ether oxygens (including phenoxy) is 8. The summed E-state index contributed by atoms with van der Waals surface area (Å²) in [6, 6.07) is 16.8. The summed E-state index contributed by atoms with van der Waals surface area (Å²) in [5.74, 6) is -1.89. The molecule has 0 aliphatic carbocycles. The highest BCUT2D eigenvalue weighted by Gasteiger charge is 2.30. The van der Waals surface area contributed by atoms with Crippen molar-refractivity contribution in [2.75, 3.05) is 91.8 Å². The van der Waals surface area contributed by atoms with Crippen LogP contribution in [-0.4, -0.2) is 235 Å². The van der Waals surface area contributed by atoms with E-state index in [-0.39, 0.29) is 151 Å². The normalized spacial score (nSPS) is 13.3. The van der Waals surface area contributed by atoms with Crippen LogP contribution in [0.4, 0.5) is 33.6 Å². The zero-order valence-electron chi connectivity index (χ0n) is 70.8. The molecule has 0 saturated carbocycles. The van der Waals surface area contributed by atoms with Crippen molar-refractivity contribution in [2.45, 2.75) is 230 Å². The minimum atomic E-state index is -0.764. The molecule has 661 valence electrons. The van der Waals surface area contributed by atoms with E-state index in [0.717, 1.165) is 30.9 Å². The smallest absolute Gasteiger partial charge is 0.408 e. The maximum absolute atomic E-state index is 11.9. The van der Waals surface area contributed by atoms with E-state index in [4.69, 9.17) is 55.1 Å². The summed E-state index contributed by atoms with van der Waals surface area (Å²) in [7, 11) is 0. The number of nitrogens with zero attached hydrogens (tertiary/aromatic N) is 1. The summed E-state index contributed by atoms with van der Waals surface area (Å²) in [4.78, 5) is 137. The first-order valence-electron chi connectivity index (χ1n) is 35.9. The number of piperazine rings is 1. The highest BCUT2D eigenvalue weighted by Crippen LogP contribution is 2.11. The van der Waals surface area contributed by atoms with Crippen molar-refractivity contribution in [3.8, 4) is 0 Å². The Hall–Kier alpha value is -7.51. The predicted molar refractivity (Wildman–Crippen MR) is 467 cm³/mol. The van der Waals surface area contributed by atoms with E-state index in [2.05, 4.69) is 58.5 Å². The molecular formula is C73H141BN15O20S5. The number of nitrogens with one attached hydrogen (secondary N) is 11. The van der Waals surface area contributed by atoms with Gasteiger partial charge in [0.2, 0.25) is 11.8 Å². The molecule has 2 aliphatic rings. The van der Waals surface area contributed by atoms with Gasteiger partial charge in [0.05, 0.1) is 12.1 Å². The lowest BCUT2D eigenvalue weighted by atomic mass is 10.2. The number of hydrogen-bond acceptors (Lipinski definition) is 24. The number of alkyl carbamates (subject to hydrolysis) is 7. The van der Waals surface area contributed by atoms with Crippen LogP contribution in [0.25, 0.3) is 0 Å². The van der Waals surface area contributed by atoms with Gasteiger partial charge < -0.3 is 118 Å². The number of nitrogens with two attached hydrogens (primary N) is 3. The molecule has 5 atom stereocenters. The third kappa shape index (κ3) is 82.5. The first kappa shape index (κ1) is 125. The molecule has 0 spiro atoms. The van der Waals surface area contributed by atoms with E-state index in [1.165, 1.54) is 24.7 Å². The largest absolute Gasteiger partial charge is 0.445 e. The van der Waals surface area contributed by atoms with E-state index in [1.807, 2.05) is 116 Å². The van der Waals surface area contributed by atoms with Crippen molar-refractivity contribution >= 4 is 148 Å². The number of benzene rings is 2. The van der Waals surface area contributed by atoms with Crippen LogP contribution in [0, 0.1) is 0 Å². The summed E-state index contributed by atoms with van der Waals surface area (Å²) in [5, 5.41) is 28.4. The van der Waals surface area contributed by atoms with Crippen molar-refractivity contribution in [2.24, 2.45) is 17.2 Å². The zero-order valence-corrected chi connectivity index (χ0v) is 75.8. The molecule has 2 aliphatic heterocycles. The summed E-state index contributed by atoms with van der Waals surface area (Å²) in [6.45, 7) is 44.1. The number of Topliss-reactive ketones (excluding diaryl/α,β-unsaturated/α-hetero) is 1. The summed E-state index contributed by atoms with van der Waals surface area (Å²) < 4.78 is 40.1. The highest BCUT2D eigenvalue weighted by molar-refractivity contribution is 7.60. The summed E-state index contributed by atoms with van der Waals surface area (Å²) in [5.41, 5.74) is 15.3. The first-order chi connectivity index (χ1) is 49.9. The van der Waals surface area contributed by atoms with Gasteiger partial charge in [-0.2, -0.15) is 67.5 Å². The molecule has 0 aromatic heterocycles. The van der Waals surface area contributed by atoms with Crippen LogP contribution in [0.3, 0.4) is 0 Å². The summed E-state index contributed by atoms with van der Waals surface area (Å²) >= 11 is 0. The van der Waals surface area contributed by atoms with Crippen molar-refractivity contribution in [3.63, 3.8) is 0 Å². The molecule has 11 amide bonds. The maximum atomic E-state index is 11.9. The molecule has 0 bridgehead atoms. The second kappa shape index (κ2) is 68.7. The monoisotopic (exact) mass is 1720 g/mol. The molecule has 2 aromatic carbocycles. The number of hydrogen-bond donors (Lipinski definition) is 14. The molecule has 2 fully saturated rings. The Bertz CT molecular complexity index is 2960. The van der Waals surface area contributed by atoms with E-state index >= 15 is 0 Å². The Morgan fingerprint density at radius 1 is 0.482 bits per heavy atom. The third-order valence-corrected chi connectivity index (χ3v) is 12.2. The summed E-state index contributed by atoms with van der Waals surface area (Å²) in [6.07, 6.45) is -1.08. The standard InChI is InChI=1S/C18H27N3O5.C12H21N3O4.C12H15NO3.C10H21N3O3.C10H23N3O2.C7H16N2O2.C4H8O.B.5H2S/c1-13(21-17(24)25-12-14-8-6-5-7-9-14)15(22)19-10-11-20-16(23)26-18(2,3)4;1-8-7-15(10(17)9(16)14-8)6-5-13-11(18)19-12(2,3)4;1-9(10(2)14)13-12(15)16-8-11-6-4-3-5-7-11;1-7(11)8(14)12-5-6-13-9(15)16-10(2,3)4;1-8(11)7-12-5-6-13-9(14)15-10(2,3)4;1-7(2,3)11-6(10)9-5-4-8;1-2-4-5-3-1;;;;;;/h5-9,13H,10-12H2,1-4H3,(H,19,22)(H,20,23)(H,21,24);8H,5-7H2,1-4H3,(H,13,18)(H,14,16);3-7,9H,8H2,1-2H3,(H,13,15);7H,5-6,11H2,1-4H3,(H,12,14)(H,13,15);8,12H,5-7,11H2,1-4H3,(H,13,14);4-5,8H2,1-3H3,(H,9,10);1-4H2;;5*1H2/t13-;8-;9-;7-;8-;;;;;;;;/m00000......../s1. The fraction of sp³-hybridized carbons (Fsp3) is 0.671. The molecule has 2 heterocycles. The van der Waals surface area contributed by atoms with Crippen LogP contribution >= 0.6 is 67.5 Å². The van der Waals surface area contributed by atoms with E-state index in [1.54, 1.807) is 83.1 Å². The van der Waals surface area contributed by atoms with Gasteiger partial charge in [-0.25, -0.2) is 33.6 Å². The van der Waals surface area contributed by atoms with Gasteiger partial charge in [0.1, 0.15) is 47.3 Å². The Balaban J connectivity index is -0.000000164. The van der Waals surface area contributed by atoms with Crippen molar-refractivity contribution < 1.29 is 95.4 Å². The molecule has 41 heteroatoms. The molecule has 2 saturated heterocycles. The van der Waals surface area contributed by atoms with Gasteiger partial charge in [-0.3, -0.25) is 24.0 Å². The number of carbonyl (C=O) groups excluding carboxylic acids is 12. The molecule has 35 nitrogen and oxygen atoms in total. The van der Waals surface area contributed by atoms with E-state index in [0.29, 0.717) is 45.8 Å². The minimum absolute atomic E-state index is 0. The Morgan fingerprint density at radius 3 is 1.12 bits per heavy atom. The second-order valence-corrected chi connectivity index (χ2v) is 29.4. The molecule has 3 radical (unpaired) electrons. The first-order valence-corrected chi connectivity index (χ1v) is 35.9. The predicted octanol–water partition coefficient (Wildman–Crippen LogP) is 5.56. The minimum Gasteiger partial charge on any atom is -0.445 e. The Kier molecular flexibility index (Phi) is 75.1. The number of amides is 11. The van der Waals surface area contributed by atoms with Crippen LogP contribution in [0.15, 0.2) is 60.7 Å². The maximum Gasteiger partial charge on any atom is 0.408 e. The SMILES string of the molecule is C1CCOC1.CC(=O)[C@H](C)NC(=O)OCc1ccccc1.CC(C)(C)OC(=O)NCCN.C[C@H](N)C(=O)NCCNC(=O)OC(C)(C)C.C[C@H](N)CNCCNC(=O)OC(C)(C)C.C[C@H](NC(=O)OCc1ccccc1)C(=O)NCCNC(=O)OC(C)(C)C.C[C@H]1CN(CCNC(=O)OC(C)(C)C)C(=O)C(=O)N1.S.S.S.S.S.[B].